The predicted octanol–water partition coefficient (Wildman–Crippen LogP) is 2.39. The molecule has 1 aromatic heterocycles. The molecule has 0 atom stereocenters. The molecular formula is C12H13N5O3S. The fraction of sp³-hybridized carbons (Fsp3) is 0.250. The monoisotopic (exact) mass is 307 g/mol. The summed E-state index contributed by atoms with van der Waals surface area (Å²) >= 11 is 1.43. The Balaban J connectivity index is 2.20. The van der Waals surface area contributed by atoms with E-state index in [9.17, 15) is 14.9 Å². The van der Waals surface area contributed by atoms with Gasteiger partial charge in [0.1, 0.15) is 0 Å². The number of rotatable bonds is 5. The largest absolute Gasteiger partial charge is 0.291 e. The molecule has 21 heavy (non-hydrogen) atoms. The highest BCUT2D eigenvalue weighted by Gasteiger charge is 2.18. The van der Waals surface area contributed by atoms with Crippen LogP contribution < -0.4 is 5.32 Å². The van der Waals surface area contributed by atoms with Gasteiger partial charge in [-0.15, -0.1) is 5.10 Å². The van der Waals surface area contributed by atoms with Gasteiger partial charge < -0.3 is 0 Å². The number of benzene rings is 1. The quantitative estimate of drug-likeness (QED) is 0.498. The van der Waals surface area contributed by atoms with Crippen LogP contribution in [-0.2, 0) is 0 Å². The number of carbonyl (C=O) groups excluding carboxylic acids is 1. The molecule has 1 aromatic carbocycles. The van der Waals surface area contributed by atoms with Crippen LogP contribution in [0.4, 0.5) is 11.6 Å². The van der Waals surface area contributed by atoms with Crippen LogP contribution in [0.25, 0.3) is 0 Å². The van der Waals surface area contributed by atoms with Crippen LogP contribution in [0.1, 0.15) is 22.8 Å². The molecule has 0 aliphatic heterocycles. The van der Waals surface area contributed by atoms with E-state index in [1.165, 1.54) is 36.9 Å². The summed E-state index contributed by atoms with van der Waals surface area (Å²) in [5.41, 5.74) is 0.440. The molecule has 0 saturated carbocycles. The van der Waals surface area contributed by atoms with Crippen molar-refractivity contribution in [2.24, 2.45) is 0 Å². The predicted molar refractivity (Wildman–Crippen MR) is 78.6 cm³/mol. The van der Waals surface area contributed by atoms with Gasteiger partial charge in [-0.2, -0.15) is 4.98 Å². The third-order valence-corrected chi connectivity index (χ3v) is 3.45. The zero-order valence-corrected chi connectivity index (χ0v) is 12.2. The zero-order valence-electron chi connectivity index (χ0n) is 11.4. The summed E-state index contributed by atoms with van der Waals surface area (Å²) in [4.78, 5) is 26.6. The van der Waals surface area contributed by atoms with E-state index in [2.05, 4.69) is 20.5 Å². The van der Waals surface area contributed by atoms with Crippen LogP contribution in [-0.4, -0.2) is 31.8 Å². The molecule has 0 spiro atoms. The first kappa shape index (κ1) is 15.0. The standard InChI is InChI=1S/C12H13N5O3S/c1-3-21-12-14-11(15-16-12)13-10(18)8-5-4-6-9(7(8)2)17(19)20/h4-6H,3H2,1-2H3,(H2,13,14,15,16,18). The van der Waals surface area contributed by atoms with E-state index in [1.807, 2.05) is 6.92 Å². The molecule has 2 N–H and O–H groups in total. The third kappa shape index (κ3) is 3.37. The van der Waals surface area contributed by atoms with Crippen molar-refractivity contribution in [3.8, 4) is 0 Å². The van der Waals surface area contributed by atoms with Crippen molar-refractivity contribution in [2.75, 3.05) is 11.1 Å². The van der Waals surface area contributed by atoms with Gasteiger partial charge in [0.15, 0.2) is 0 Å². The molecule has 110 valence electrons. The number of thioether (sulfide) groups is 1. The van der Waals surface area contributed by atoms with E-state index in [0.29, 0.717) is 10.7 Å². The van der Waals surface area contributed by atoms with Gasteiger partial charge in [-0.25, -0.2) is 5.10 Å². The minimum atomic E-state index is -0.517. The Morgan fingerprint density at radius 3 is 2.95 bits per heavy atom. The molecule has 0 bridgehead atoms. The number of nitro groups is 1. The first-order valence-corrected chi connectivity index (χ1v) is 7.12. The molecule has 0 fully saturated rings. The summed E-state index contributed by atoms with van der Waals surface area (Å²) < 4.78 is 0. The molecule has 0 aliphatic rings. The van der Waals surface area contributed by atoms with Gasteiger partial charge in [0.05, 0.1) is 4.92 Å². The van der Waals surface area contributed by atoms with Crippen LogP contribution in [0.3, 0.4) is 0 Å². The summed E-state index contributed by atoms with van der Waals surface area (Å²) in [7, 11) is 0. The van der Waals surface area contributed by atoms with Gasteiger partial charge in [-0.05, 0) is 18.7 Å². The number of nitrogens with zero attached hydrogens (tertiary/aromatic N) is 3. The number of aromatic nitrogens is 3. The average molecular weight is 307 g/mol. The van der Waals surface area contributed by atoms with E-state index in [4.69, 9.17) is 0 Å². The van der Waals surface area contributed by atoms with E-state index in [1.54, 1.807) is 0 Å². The second-order valence-electron chi connectivity index (χ2n) is 4.06. The second kappa shape index (κ2) is 6.35. The Morgan fingerprint density at radius 1 is 1.52 bits per heavy atom. The lowest BCUT2D eigenvalue weighted by atomic mass is 10.1. The Bertz CT molecular complexity index is 685. The highest BCUT2D eigenvalue weighted by molar-refractivity contribution is 7.99. The lowest BCUT2D eigenvalue weighted by Crippen LogP contribution is -2.15. The number of amides is 1. The Hall–Kier alpha value is -2.42. The van der Waals surface area contributed by atoms with Gasteiger partial charge in [0.25, 0.3) is 11.6 Å². The average Bonchev–Trinajstić information content (AvgIpc) is 2.86. The number of hydrogen-bond acceptors (Lipinski definition) is 6. The summed E-state index contributed by atoms with van der Waals surface area (Å²) in [6, 6.07) is 4.35. The van der Waals surface area contributed by atoms with Crippen molar-refractivity contribution < 1.29 is 9.72 Å². The maximum Gasteiger partial charge on any atom is 0.273 e. The Morgan fingerprint density at radius 2 is 2.29 bits per heavy atom. The minimum absolute atomic E-state index is 0.0950. The lowest BCUT2D eigenvalue weighted by molar-refractivity contribution is -0.385. The number of nitrogens with one attached hydrogen (secondary N) is 2. The van der Waals surface area contributed by atoms with Crippen LogP contribution >= 0.6 is 11.8 Å². The molecule has 1 amide bonds. The van der Waals surface area contributed by atoms with Crippen molar-refractivity contribution in [2.45, 2.75) is 19.0 Å². The fourth-order valence-electron chi connectivity index (χ4n) is 1.74. The number of nitro benzene ring substituents is 1. The number of anilines is 1. The molecular weight excluding hydrogens is 294 g/mol. The van der Waals surface area contributed by atoms with E-state index < -0.39 is 10.8 Å². The van der Waals surface area contributed by atoms with Gasteiger partial charge in [-0.3, -0.25) is 20.2 Å². The SMILES string of the molecule is CCSc1n[nH]c(NC(=O)c2cccc([N+](=O)[O-])c2C)n1. The van der Waals surface area contributed by atoms with Gasteiger partial charge in [-0.1, -0.05) is 24.8 Å². The smallest absolute Gasteiger partial charge is 0.273 e. The fourth-order valence-corrected chi connectivity index (χ4v) is 2.26. The number of carbonyl (C=O) groups is 1. The van der Waals surface area contributed by atoms with Gasteiger partial charge in [0.2, 0.25) is 11.1 Å². The topological polar surface area (TPSA) is 114 Å². The lowest BCUT2D eigenvalue weighted by Gasteiger charge is -2.05. The van der Waals surface area contributed by atoms with Crippen molar-refractivity contribution in [3.63, 3.8) is 0 Å². The van der Waals surface area contributed by atoms with Crippen molar-refractivity contribution >= 4 is 29.3 Å². The van der Waals surface area contributed by atoms with Gasteiger partial charge >= 0.3 is 0 Å². The molecule has 8 nitrogen and oxygen atoms in total. The molecule has 2 aromatic rings. The molecule has 0 unspecified atom stereocenters. The summed E-state index contributed by atoms with van der Waals surface area (Å²) in [5.74, 6) is 0.553. The summed E-state index contributed by atoms with van der Waals surface area (Å²) in [5, 5.41) is 20.5. The molecule has 0 aliphatic carbocycles. The van der Waals surface area contributed by atoms with Crippen LogP contribution in [0.5, 0.6) is 0 Å². The molecule has 2 rings (SSSR count). The molecule has 0 saturated heterocycles. The van der Waals surface area contributed by atoms with Gasteiger partial charge in [0, 0.05) is 17.2 Å². The maximum absolute atomic E-state index is 12.1. The molecule has 9 heteroatoms. The Labute approximate surface area is 124 Å². The Kier molecular flexibility index (Phi) is 4.53. The van der Waals surface area contributed by atoms with Crippen molar-refractivity contribution in [3.05, 3.63) is 39.4 Å². The third-order valence-electron chi connectivity index (χ3n) is 2.72. The van der Waals surface area contributed by atoms with Crippen molar-refractivity contribution in [1.29, 1.82) is 0 Å². The van der Waals surface area contributed by atoms with E-state index in [-0.39, 0.29) is 17.2 Å². The molecule has 0 radical (unpaired) electrons. The highest BCUT2D eigenvalue weighted by atomic mass is 32.2. The van der Waals surface area contributed by atoms with Crippen LogP contribution in [0, 0.1) is 17.0 Å². The van der Waals surface area contributed by atoms with Crippen LogP contribution in [0.2, 0.25) is 0 Å². The second-order valence-corrected chi connectivity index (χ2v) is 5.29. The van der Waals surface area contributed by atoms with Crippen molar-refractivity contribution in [1.82, 2.24) is 15.2 Å². The number of H-pyrrole nitrogens is 1. The summed E-state index contributed by atoms with van der Waals surface area (Å²) in [6.07, 6.45) is 0. The maximum atomic E-state index is 12.1. The summed E-state index contributed by atoms with van der Waals surface area (Å²) in [6.45, 7) is 3.50. The van der Waals surface area contributed by atoms with Crippen LogP contribution in [0.15, 0.2) is 23.4 Å². The number of hydrogen-bond donors (Lipinski definition) is 2. The highest BCUT2D eigenvalue weighted by Crippen LogP contribution is 2.22. The first-order valence-electron chi connectivity index (χ1n) is 6.13. The minimum Gasteiger partial charge on any atom is -0.291 e. The number of aromatic amines is 1. The first-order chi connectivity index (χ1) is 10.0. The zero-order chi connectivity index (χ0) is 15.4. The molecule has 1 heterocycles. The normalized spacial score (nSPS) is 10.4. The van der Waals surface area contributed by atoms with E-state index in [0.717, 1.165) is 5.75 Å². The van der Waals surface area contributed by atoms with E-state index >= 15 is 0 Å².